The average molecular weight is 286 g/mol. The Kier molecular flexibility index (Phi) is 4.27. The fourth-order valence-electron chi connectivity index (χ4n) is 1.98. The van der Waals surface area contributed by atoms with Crippen molar-refractivity contribution in [2.45, 2.75) is 20.4 Å². The predicted octanol–water partition coefficient (Wildman–Crippen LogP) is 2.14. The fraction of sp³-hybridized carbons (Fsp3) is 0.200. The van der Waals surface area contributed by atoms with E-state index in [0.29, 0.717) is 11.3 Å². The van der Waals surface area contributed by atoms with Crippen molar-refractivity contribution < 1.29 is 14.3 Å². The minimum atomic E-state index is -0.457. The number of hydrogen-bond acceptors (Lipinski definition) is 3. The molecule has 108 valence electrons. The number of rotatable bonds is 4. The van der Waals surface area contributed by atoms with Crippen molar-refractivity contribution in [3.63, 3.8) is 0 Å². The molecule has 2 rings (SSSR count). The molecule has 2 aromatic rings. The first-order chi connectivity index (χ1) is 9.97. The van der Waals surface area contributed by atoms with E-state index in [4.69, 9.17) is 0 Å². The van der Waals surface area contributed by atoms with Gasteiger partial charge in [0.2, 0.25) is 6.54 Å². The lowest BCUT2D eigenvalue weighted by atomic mass is 10.2. The largest absolute Gasteiger partial charge is 0.320 e. The molecule has 21 heavy (non-hydrogen) atoms. The maximum Gasteiger partial charge on any atom is 0.290 e. The van der Waals surface area contributed by atoms with Gasteiger partial charge < -0.3 is 5.32 Å². The van der Waals surface area contributed by atoms with Crippen LogP contribution in [-0.4, -0.2) is 10.8 Å². The summed E-state index contributed by atoms with van der Waals surface area (Å²) in [6.07, 6.45) is 1.81. The highest BCUT2D eigenvalue weighted by atomic mass is 16.6. The van der Waals surface area contributed by atoms with Gasteiger partial charge in [-0.2, -0.15) is 4.57 Å². The molecule has 0 saturated heterocycles. The average Bonchev–Trinajstić information content (AvgIpc) is 2.43. The minimum absolute atomic E-state index is 0.00338. The first-order valence-electron chi connectivity index (χ1n) is 6.47. The van der Waals surface area contributed by atoms with Gasteiger partial charge in [0.25, 0.3) is 11.6 Å². The molecule has 1 aromatic heterocycles. The molecule has 6 heteroatoms. The summed E-state index contributed by atoms with van der Waals surface area (Å²) < 4.78 is 1.80. The molecule has 0 radical (unpaired) electrons. The van der Waals surface area contributed by atoms with E-state index in [1.807, 2.05) is 31.3 Å². The van der Waals surface area contributed by atoms with Crippen molar-refractivity contribution in [2.24, 2.45) is 0 Å². The second-order valence-corrected chi connectivity index (χ2v) is 4.78. The first kappa shape index (κ1) is 14.6. The van der Waals surface area contributed by atoms with E-state index < -0.39 is 4.92 Å². The van der Waals surface area contributed by atoms with Gasteiger partial charge in [-0.15, -0.1) is 0 Å². The Hall–Kier alpha value is -2.76. The summed E-state index contributed by atoms with van der Waals surface area (Å²) in [6.45, 7) is 3.73. The van der Waals surface area contributed by atoms with Crippen molar-refractivity contribution in [1.82, 2.24) is 0 Å². The molecule has 0 aliphatic heterocycles. The Balaban J connectivity index is 2.12. The zero-order valence-corrected chi connectivity index (χ0v) is 11.9. The van der Waals surface area contributed by atoms with Crippen LogP contribution in [0.2, 0.25) is 0 Å². The quantitative estimate of drug-likeness (QED) is 0.531. The molecule has 1 amide bonds. The summed E-state index contributed by atoms with van der Waals surface area (Å²) in [5.74, 6) is -0.229. The first-order valence-corrected chi connectivity index (χ1v) is 6.47. The van der Waals surface area contributed by atoms with Gasteiger partial charge >= 0.3 is 0 Å². The van der Waals surface area contributed by atoms with Crippen molar-refractivity contribution in [3.8, 4) is 0 Å². The van der Waals surface area contributed by atoms with Gasteiger partial charge in [0, 0.05) is 36.4 Å². The van der Waals surface area contributed by atoms with Crippen LogP contribution in [0.1, 0.15) is 11.3 Å². The molecule has 0 bridgehead atoms. The van der Waals surface area contributed by atoms with Gasteiger partial charge in [-0.05, 0) is 13.0 Å². The Morgan fingerprint density at radius 1 is 1.29 bits per heavy atom. The highest BCUT2D eigenvalue weighted by Gasteiger charge is 2.15. The summed E-state index contributed by atoms with van der Waals surface area (Å²) >= 11 is 0. The SMILES string of the molecule is Cc1ccc(NC(=O)C[n+]2ccccc2C)cc1[N+](=O)[O-]. The van der Waals surface area contributed by atoms with E-state index in [-0.39, 0.29) is 18.1 Å². The van der Waals surface area contributed by atoms with Crippen LogP contribution in [0.3, 0.4) is 0 Å². The standard InChI is InChI=1S/C15H15N3O3/c1-11-6-7-13(9-14(11)18(20)21)16-15(19)10-17-8-4-3-5-12(17)2/h3-9H,10H2,1-2H3/p+1. The Morgan fingerprint density at radius 2 is 2.05 bits per heavy atom. The van der Waals surface area contributed by atoms with Crippen molar-refractivity contribution in [2.75, 3.05) is 5.32 Å². The summed E-state index contributed by atoms with van der Waals surface area (Å²) in [6, 6.07) is 10.3. The topological polar surface area (TPSA) is 76.1 Å². The second-order valence-electron chi connectivity index (χ2n) is 4.78. The van der Waals surface area contributed by atoms with Crippen LogP contribution in [-0.2, 0) is 11.3 Å². The van der Waals surface area contributed by atoms with E-state index >= 15 is 0 Å². The number of nitrogens with zero attached hydrogens (tertiary/aromatic N) is 2. The Labute approximate surface area is 122 Å². The van der Waals surface area contributed by atoms with Crippen molar-refractivity contribution in [3.05, 3.63) is 64.0 Å². The van der Waals surface area contributed by atoms with Crippen LogP contribution in [0, 0.1) is 24.0 Å². The second kappa shape index (κ2) is 6.13. The molecule has 1 heterocycles. The molecule has 0 saturated carbocycles. The number of pyridine rings is 1. The molecule has 0 atom stereocenters. The van der Waals surface area contributed by atoms with Crippen LogP contribution in [0.25, 0.3) is 0 Å². The van der Waals surface area contributed by atoms with E-state index in [1.54, 1.807) is 23.6 Å². The number of carbonyl (C=O) groups excluding carboxylic acids is 1. The summed E-state index contributed by atoms with van der Waals surface area (Å²) in [4.78, 5) is 22.4. The van der Waals surface area contributed by atoms with Gasteiger partial charge in [0.15, 0.2) is 11.9 Å². The Bertz CT molecular complexity index is 698. The van der Waals surface area contributed by atoms with Crippen LogP contribution in [0.5, 0.6) is 0 Å². The van der Waals surface area contributed by atoms with Gasteiger partial charge in [-0.1, -0.05) is 12.1 Å². The zero-order chi connectivity index (χ0) is 15.4. The third-order valence-electron chi connectivity index (χ3n) is 3.17. The number of benzene rings is 1. The molecule has 0 fully saturated rings. The van der Waals surface area contributed by atoms with E-state index in [9.17, 15) is 14.9 Å². The highest BCUT2D eigenvalue weighted by molar-refractivity contribution is 5.90. The third kappa shape index (κ3) is 3.62. The van der Waals surface area contributed by atoms with Crippen LogP contribution < -0.4 is 9.88 Å². The van der Waals surface area contributed by atoms with E-state index in [0.717, 1.165) is 5.69 Å². The van der Waals surface area contributed by atoms with Gasteiger partial charge in [-0.3, -0.25) is 14.9 Å². The lowest BCUT2D eigenvalue weighted by Gasteiger charge is -2.05. The van der Waals surface area contributed by atoms with E-state index in [2.05, 4.69) is 5.32 Å². The molecular formula is C15H16N3O3+. The van der Waals surface area contributed by atoms with Gasteiger partial charge in [0.1, 0.15) is 0 Å². The molecule has 0 aliphatic rings. The predicted molar refractivity (Wildman–Crippen MR) is 77.8 cm³/mol. The number of nitro benzene ring substituents is 1. The number of aryl methyl sites for hydroxylation is 2. The molecular weight excluding hydrogens is 270 g/mol. The van der Waals surface area contributed by atoms with Crippen molar-refractivity contribution in [1.29, 1.82) is 0 Å². The van der Waals surface area contributed by atoms with Crippen LogP contribution in [0.4, 0.5) is 11.4 Å². The number of hydrogen-bond donors (Lipinski definition) is 1. The molecule has 0 aliphatic carbocycles. The summed E-state index contributed by atoms with van der Waals surface area (Å²) in [5.41, 5.74) is 1.94. The summed E-state index contributed by atoms with van der Waals surface area (Å²) in [5, 5.41) is 13.6. The van der Waals surface area contributed by atoms with Gasteiger partial charge in [-0.25, -0.2) is 0 Å². The number of nitrogens with one attached hydrogen (secondary N) is 1. The number of anilines is 1. The maximum atomic E-state index is 12.0. The van der Waals surface area contributed by atoms with Crippen molar-refractivity contribution >= 4 is 17.3 Å². The lowest BCUT2D eigenvalue weighted by molar-refractivity contribution is -0.690. The molecule has 1 aromatic carbocycles. The van der Waals surface area contributed by atoms with Crippen LogP contribution in [0.15, 0.2) is 42.6 Å². The summed E-state index contributed by atoms with van der Waals surface area (Å²) in [7, 11) is 0. The maximum absolute atomic E-state index is 12.0. The highest BCUT2D eigenvalue weighted by Crippen LogP contribution is 2.22. The smallest absolute Gasteiger partial charge is 0.290 e. The minimum Gasteiger partial charge on any atom is -0.320 e. The lowest BCUT2D eigenvalue weighted by Crippen LogP contribution is -2.42. The van der Waals surface area contributed by atoms with E-state index in [1.165, 1.54) is 6.07 Å². The zero-order valence-electron chi connectivity index (χ0n) is 11.9. The molecule has 1 N–H and O–H groups in total. The third-order valence-corrected chi connectivity index (χ3v) is 3.17. The number of nitro groups is 1. The molecule has 0 spiro atoms. The van der Waals surface area contributed by atoms with Gasteiger partial charge in [0.05, 0.1) is 4.92 Å². The molecule has 0 unspecified atom stereocenters. The normalized spacial score (nSPS) is 10.2. The Morgan fingerprint density at radius 3 is 2.71 bits per heavy atom. The van der Waals surface area contributed by atoms with Crippen LogP contribution >= 0.6 is 0 Å². The number of carbonyl (C=O) groups is 1. The monoisotopic (exact) mass is 286 g/mol. The molecule has 6 nitrogen and oxygen atoms in total. The number of aromatic nitrogens is 1. The fourth-order valence-corrected chi connectivity index (χ4v) is 1.98. The number of amides is 1.